The van der Waals surface area contributed by atoms with Gasteiger partial charge in [0.2, 0.25) is 0 Å². The van der Waals surface area contributed by atoms with Crippen LogP contribution in [-0.2, 0) is 11.2 Å². The van der Waals surface area contributed by atoms with E-state index in [4.69, 9.17) is 14.9 Å². The standard InChI is InChI=1S/C14H18O5/c1-2-3-7-19-8-6-10-9-11(13(15)16)4-5-12(10)14(17)18/h4-5,9H,2-3,6-8H2,1H3,(H,15,16)(H,17,18). The molecule has 0 aliphatic rings. The van der Waals surface area contributed by atoms with Crippen LogP contribution in [0.15, 0.2) is 18.2 Å². The minimum absolute atomic E-state index is 0.0913. The first-order valence-electron chi connectivity index (χ1n) is 6.23. The molecule has 5 heteroatoms. The van der Waals surface area contributed by atoms with Gasteiger partial charge in [-0.2, -0.15) is 0 Å². The molecule has 0 heterocycles. The van der Waals surface area contributed by atoms with Crippen molar-refractivity contribution in [2.45, 2.75) is 26.2 Å². The molecule has 0 amide bonds. The van der Waals surface area contributed by atoms with Gasteiger partial charge in [0.1, 0.15) is 0 Å². The number of benzene rings is 1. The Morgan fingerprint density at radius 1 is 1.16 bits per heavy atom. The Kier molecular flexibility index (Phi) is 6.02. The zero-order chi connectivity index (χ0) is 14.3. The normalized spacial score (nSPS) is 10.4. The first kappa shape index (κ1) is 15.2. The van der Waals surface area contributed by atoms with Crippen LogP contribution in [0.25, 0.3) is 0 Å². The average molecular weight is 266 g/mol. The van der Waals surface area contributed by atoms with Crippen LogP contribution in [-0.4, -0.2) is 35.4 Å². The Morgan fingerprint density at radius 2 is 1.89 bits per heavy atom. The molecule has 2 N–H and O–H groups in total. The van der Waals surface area contributed by atoms with Crippen molar-refractivity contribution in [2.75, 3.05) is 13.2 Å². The van der Waals surface area contributed by atoms with Crippen molar-refractivity contribution >= 4 is 11.9 Å². The lowest BCUT2D eigenvalue weighted by Crippen LogP contribution is -2.09. The molecule has 0 aliphatic carbocycles. The fourth-order valence-electron chi connectivity index (χ4n) is 1.67. The second-order valence-corrected chi connectivity index (χ2v) is 4.20. The lowest BCUT2D eigenvalue weighted by atomic mass is 10.0. The lowest BCUT2D eigenvalue weighted by Gasteiger charge is -2.08. The van der Waals surface area contributed by atoms with Crippen LogP contribution in [0.3, 0.4) is 0 Å². The zero-order valence-corrected chi connectivity index (χ0v) is 10.9. The second kappa shape index (κ2) is 7.53. The van der Waals surface area contributed by atoms with Gasteiger partial charge in [0.25, 0.3) is 0 Å². The Hall–Kier alpha value is -1.88. The SMILES string of the molecule is CCCCOCCc1cc(C(=O)O)ccc1C(=O)O. The van der Waals surface area contributed by atoms with Crippen molar-refractivity contribution in [3.63, 3.8) is 0 Å². The number of carboxylic acids is 2. The van der Waals surface area contributed by atoms with Gasteiger partial charge in [0.15, 0.2) is 0 Å². The van der Waals surface area contributed by atoms with Gasteiger partial charge in [-0.1, -0.05) is 13.3 Å². The number of carboxylic acid groups (broad SMARTS) is 2. The van der Waals surface area contributed by atoms with E-state index in [0.717, 1.165) is 12.8 Å². The maximum absolute atomic E-state index is 11.0. The molecule has 0 fully saturated rings. The van der Waals surface area contributed by atoms with Crippen molar-refractivity contribution in [3.8, 4) is 0 Å². The predicted octanol–water partition coefficient (Wildman–Crippen LogP) is 2.44. The Bertz CT molecular complexity index is 453. The third kappa shape index (κ3) is 4.71. The van der Waals surface area contributed by atoms with E-state index in [0.29, 0.717) is 25.2 Å². The minimum Gasteiger partial charge on any atom is -0.478 e. The second-order valence-electron chi connectivity index (χ2n) is 4.20. The third-order valence-electron chi connectivity index (χ3n) is 2.74. The fraction of sp³-hybridized carbons (Fsp3) is 0.429. The fourth-order valence-corrected chi connectivity index (χ4v) is 1.67. The molecule has 0 saturated carbocycles. The van der Waals surface area contributed by atoms with Gasteiger partial charge in [-0.3, -0.25) is 0 Å². The zero-order valence-electron chi connectivity index (χ0n) is 10.9. The molecule has 5 nitrogen and oxygen atoms in total. The number of carbonyl (C=O) groups is 2. The van der Waals surface area contributed by atoms with Crippen LogP contribution in [0.2, 0.25) is 0 Å². The summed E-state index contributed by atoms with van der Waals surface area (Å²) < 4.78 is 5.37. The molecule has 19 heavy (non-hydrogen) atoms. The summed E-state index contributed by atoms with van der Waals surface area (Å²) in [6, 6.07) is 4.02. The Morgan fingerprint density at radius 3 is 2.47 bits per heavy atom. The van der Waals surface area contributed by atoms with E-state index in [1.54, 1.807) is 0 Å². The van der Waals surface area contributed by atoms with E-state index >= 15 is 0 Å². The monoisotopic (exact) mass is 266 g/mol. The molecular weight excluding hydrogens is 248 g/mol. The molecule has 0 aliphatic heterocycles. The Labute approximate surface area is 111 Å². The molecule has 1 aromatic carbocycles. The summed E-state index contributed by atoms with van der Waals surface area (Å²) in [7, 11) is 0. The molecule has 0 spiro atoms. The van der Waals surface area contributed by atoms with Gasteiger partial charge in [-0.05, 0) is 36.6 Å². The molecular formula is C14H18O5. The van der Waals surface area contributed by atoms with Crippen LogP contribution in [0, 0.1) is 0 Å². The van der Waals surface area contributed by atoms with Crippen molar-refractivity contribution < 1.29 is 24.5 Å². The van der Waals surface area contributed by atoms with Gasteiger partial charge in [0, 0.05) is 6.61 Å². The van der Waals surface area contributed by atoms with Gasteiger partial charge < -0.3 is 14.9 Å². The molecule has 0 atom stereocenters. The quantitative estimate of drug-likeness (QED) is 0.706. The largest absolute Gasteiger partial charge is 0.478 e. The van der Waals surface area contributed by atoms with E-state index < -0.39 is 11.9 Å². The topological polar surface area (TPSA) is 83.8 Å². The van der Waals surface area contributed by atoms with Crippen LogP contribution in [0.1, 0.15) is 46.0 Å². The summed E-state index contributed by atoms with van der Waals surface area (Å²) >= 11 is 0. The average Bonchev–Trinajstić information content (AvgIpc) is 2.38. The molecule has 1 rings (SSSR count). The summed E-state index contributed by atoms with van der Waals surface area (Å²) in [4.78, 5) is 21.9. The summed E-state index contributed by atoms with van der Waals surface area (Å²) in [5.41, 5.74) is 0.710. The molecule has 0 radical (unpaired) electrons. The van der Waals surface area contributed by atoms with Crippen LogP contribution < -0.4 is 0 Å². The van der Waals surface area contributed by atoms with Crippen molar-refractivity contribution in [1.29, 1.82) is 0 Å². The highest BCUT2D eigenvalue weighted by atomic mass is 16.5. The van der Waals surface area contributed by atoms with Crippen molar-refractivity contribution in [1.82, 2.24) is 0 Å². The maximum Gasteiger partial charge on any atom is 0.335 e. The van der Waals surface area contributed by atoms with E-state index in [-0.39, 0.29) is 11.1 Å². The summed E-state index contributed by atoms with van der Waals surface area (Å²) in [5.74, 6) is -2.12. The highest BCUT2D eigenvalue weighted by molar-refractivity contribution is 5.93. The highest BCUT2D eigenvalue weighted by Crippen LogP contribution is 2.14. The van der Waals surface area contributed by atoms with Crippen LogP contribution >= 0.6 is 0 Å². The number of unbranched alkanes of at least 4 members (excludes halogenated alkanes) is 1. The molecule has 1 aromatic rings. The lowest BCUT2D eigenvalue weighted by molar-refractivity contribution is 0.0679. The van der Waals surface area contributed by atoms with E-state index in [9.17, 15) is 9.59 Å². The molecule has 0 saturated heterocycles. The first-order valence-corrected chi connectivity index (χ1v) is 6.23. The maximum atomic E-state index is 11.0. The van der Waals surface area contributed by atoms with Crippen LogP contribution in [0.5, 0.6) is 0 Å². The number of aromatic carboxylic acids is 2. The van der Waals surface area contributed by atoms with Crippen molar-refractivity contribution in [3.05, 3.63) is 34.9 Å². The van der Waals surface area contributed by atoms with E-state index in [1.165, 1.54) is 18.2 Å². The van der Waals surface area contributed by atoms with Gasteiger partial charge >= 0.3 is 11.9 Å². The van der Waals surface area contributed by atoms with Crippen LogP contribution in [0.4, 0.5) is 0 Å². The Balaban J connectivity index is 2.74. The van der Waals surface area contributed by atoms with Gasteiger partial charge in [-0.25, -0.2) is 9.59 Å². The number of hydrogen-bond acceptors (Lipinski definition) is 3. The van der Waals surface area contributed by atoms with E-state index in [2.05, 4.69) is 6.92 Å². The number of hydrogen-bond donors (Lipinski definition) is 2. The van der Waals surface area contributed by atoms with Crippen molar-refractivity contribution in [2.24, 2.45) is 0 Å². The van der Waals surface area contributed by atoms with Gasteiger partial charge in [-0.15, -0.1) is 0 Å². The van der Waals surface area contributed by atoms with Gasteiger partial charge in [0.05, 0.1) is 17.7 Å². The first-order chi connectivity index (χ1) is 9.06. The minimum atomic E-state index is -1.06. The predicted molar refractivity (Wildman–Crippen MR) is 69.8 cm³/mol. The molecule has 0 bridgehead atoms. The smallest absolute Gasteiger partial charge is 0.335 e. The molecule has 0 unspecified atom stereocenters. The highest BCUT2D eigenvalue weighted by Gasteiger charge is 2.13. The summed E-state index contributed by atoms with van der Waals surface area (Å²) in [5, 5.41) is 17.9. The molecule has 104 valence electrons. The summed E-state index contributed by atoms with van der Waals surface area (Å²) in [6.45, 7) is 3.09. The van der Waals surface area contributed by atoms with E-state index in [1.807, 2.05) is 0 Å². The number of ether oxygens (including phenoxy) is 1. The summed E-state index contributed by atoms with van der Waals surface area (Å²) in [6.07, 6.45) is 2.39. The molecule has 0 aromatic heterocycles. The third-order valence-corrected chi connectivity index (χ3v) is 2.74. The number of rotatable bonds is 8.